The zero-order valence-corrected chi connectivity index (χ0v) is 18.7. The molecular weight excluding hydrogens is 442 g/mol. The predicted octanol–water partition coefficient (Wildman–Crippen LogP) is 2.63. The Balaban J connectivity index is 1.45. The molecule has 1 aliphatic rings. The Morgan fingerprint density at radius 1 is 1.33 bits per heavy atom. The highest BCUT2D eigenvalue weighted by atomic mass is 32.2. The summed E-state index contributed by atoms with van der Waals surface area (Å²) in [5.41, 5.74) is 1.87. The van der Waals surface area contributed by atoms with E-state index in [2.05, 4.69) is 24.8 Å². The number of hydrogen-bond acceptors (Lipinski definition) is 8. The van der Waals surface area contributed by atoms with Crippen LogP contribution in [0.1, 0.15) is 24.1 Å². The lowest BCUT2D eigenvalue weighted by Crippen LogP contribution is -2.17. The monoisotopic (exact) mass is 463 g/mol. The molecule has 0 aliphatic carbocycles. The third-order valence-corrected chi connectivity index (χ3v) is 6.50. The van der Waals surface area contributed by atoms with Gasteiger partial charge in [-0.2, -0.15) is 5.26 Å². The second-order valence-electron chi connectivity index (χ2n) is 7.61. The Morgan fingerprint density at radius 3 is 2.91 bits per heavy atom. The molecule has 0 amide bonds. The van der Waals surface area contributed by atoms with E-state index in [0.29, 0.717) is 34.4 Å². The van der Waals surface area contributed by atoms with Crippen LogP contribution in [0.2, 0.25) is 0 Å². The van der Waals surface area contributed by atoms with Crippen molar-refractivity contribution in [1.29, 1.82) is 5.26 Å². The third-order valence-electron chi connectivity index (χ3n) is 5.50. The first-order chi connectivity index (χ1) is 16.2. The van der Waals surface area contributed by atoms with E-state index in [1.54, 1.807) is 7.11 Å². The van der Waals surface area contributed by atoms with Crippen LogP contribution >= 0.6 is 11.8 Å². The van der Waals surface area contributed by atoms with Gasteiger partial charge in [-0.05, 0) is 37.1 Å². The molecule has 1 N–H and O–H groups in total. The van der Waals surface area contributed by atoms with Gasteiger partial charge >= 0.3 is 0 Å². The molecule has 1 atom stereocenters. The van der Waals surface area contributed by atoms with Gasteiger partial charge in [0.05, 0.1) is 25.5 Å². The molecule has 0 spiro atoms. The van der Waals surface area contributed by atoms with Crippen LogP contribution in [0.25, 0.3) is 17.0 Å². The van der Waals surface area contributed by atoms with E-state index >= 15 is 0 Å². The average molecular weight is 464 g/mol. The van der Waals surface area contributed by atoms with Crippen molar-refractivity contribution < 1.29 is 9.47 Å². The molecule has 33 heavy (non-hydrogen) atoms. The molecule has 0 saturated carbocycles. The van der Waals surface area contributed by atoms with Crippen LogP contribution in [-0.2, 0) is 17.0 Å². The quantitative estimate of drug-likeness (QED) is 0.415. The van der Waals surface area contributed by atoms with Crippen LogP contribution < -0.4 is 10.3 Å². The van der Waals surface area contributed by atoms with E-state index in [-0.39, 0.29) is 11.7 Å². The van der Waals surface area contributed by atoms with Crippen molar-refractivity contribution in [3.63, 3.8) is 0 Å². The zero-order valence-electron chi connectivity index (χ0n) is 17.9. The molecule has 3 aromatic heterocycles. The van der Waals surface area contributed by atoms with Gasteiger partial charge in [-0.3, -0.25) is 14.5 Å². The van der Waals surface area contributed by atoms with Crippen molar-refractivity contribution in [2.75, 3.05) is 13.7 Å². The predicted molar refractivity (Wildman–Crippen MR) is 121 cm³/mol. The number of fused-ring (bicyclic) bond motifs is 1. The summed E-state index contributed by atoms with van der Waals surface area (Å²) in [6.45, 7) is 1.40. The first kappa shape index (κ1) is 21.2. The molecule has 1 unspecified atom stereocenters. The van der Waals surface area contributed by atoms with Crippen molar-refractivity contribution in [2.24, 2.45) is 0 Å². The van der Waals surface area contributed by atoms with Crippen molar-refractivity contribution in [1.82, 2.24) is 29.4 Å². The van der Waals surface area contributed by atoms with Gasteiger partial charge in [-0.1, -0.05) is 11.8 Å². The first-order valence-corrected chi connectivity index (χ1v) is 11.5. The molecule has 1 aliphatic heterocycles. The number of rotatable bonds is 7. The first-order valence-electron chi connectivity index (χ1n) is 10.5. The highest BCUT2D eigenvalue weighted by Crippen LogP contribution is 2.29. The number of aromatic nitrogens is 6. The van der Waals surface area contributed by atoms with Crippen LogP contribution in [0, 0.1) is 11.3 Å². The maximum atomic E-state index is 12.4. The molecular formula is C22H21N7O3S. The fourth-order valence-electron chi connectivity index (χ4n) is 3.83. The van der Waals surface area contributed by atoms with Crippen LogP contribution in [0.15, 0.2) is 46.5 Å². The highest BCUT2D eigenvalue weighted by Gasteiger charge is 2.22. The molecule has 1 fully saturated rings. The normalized spacial score (nSPS) is 15.7. The maximum absolute atomic E-state index is 12.4. The molecule has 4 heterocycles. The summed E-state index contributed by atoms with van der Waals surface area (Å²) in [7, 11) is 1.63. The topological polar surface area (TPSA) is 123 Å². The van der Waals surface area contributed by atoms with Crippen LogP contribution in [0.3, 0.4) is 0 Å². The smallest absolute Gasteiger partial charge is 0.272 e. The Labute approximate surface area is 193 Å². The average Bonchev–Trinajstić information content (AvgIpc) is 3.58. The van der Waals surface area contributed by atoms with Gasteiger partial charge in [0, 0.05) is 30.2 Å². The van der Waals surface area contributed by atoms with E-state index in [0.717, 1.165) is 36.6 Å². The lowest BCUT2D eigenvalue weighted by molar-refractivity contribution is 0.0953. The molecule has 168 valence electrons. The Morgan fingerprint density at radius 2 is 2.18 bits per heavy atom. The number of nitrogens with zero attached hydrogens (tertiary/aromatic N) is 6. The summed E-state index contributed by atoms with van der Waals surface area (Å²) in [5.74, 6) is 1.93. The van der Waals surface area contributed by atoms with Crippen molar-refractivity contribution in [2.45, 2.75) is 36.4 Å². The van der Waals surface area contributed by atoms with Gasteiger partial charge in [0.1, 0.15) is 17.4 Å². The lowest BCUT2D eigenvalue weighted by Gasteiger charge is -2.15. The number of hydrogen-bond donors (Lipinski definition) is 1. The Kier molecular flexibility index (Phi) is 5.85. The van der Waals surface area contributed by atoms with Gasteiger partial charge in [0.25, 0.3) is 5.56 Å². The molecule has 0 bridgehead atoms. The number of thioether (sulfide) groups is 1. The lowest BCUT2D eigenvalue weighted by atomic mass is 10.2. The summed E-state index contributed by atoms with van der Waals surface area (Å²) in [6, 6.07) is 11.2. The number of nitrogens with one attached hydrogen (secondary N) is 1. The van der Waals surface area contributed by atoms with Gasteiger partial charge in [-0.25, -0.2) is 9.50 Å². The minimum absolute atomic E-state index is 0.106. The molecule has 5 rings (SSSR count). The molecule has 10 nitrogen and oxygen atoms in total. The number of nitriles is 1. The zero-order chi connectivity index (χ0) is 22.8. The summed E-state index contributed by atoms with van der Waals surface area (Å²) in [5, 5.41) is 21.6. The largest absolute Gasteiger partial charge is 0.497 e. The van der Waals surface area contributed by atoms with E-state index in [9.17, 15) is 10.1 Å². The van der Waals surface area contributed by atoms with Gasteiger partial charge < -0.3 is 9.47 Å². The third kappa shape index (κ3) is 4.22. The summed E-state index contributed by atoms with van der Waals surface area (Å²) in [6.07, 6.45) is 3.61. The number of ether oxygens (including phenoxy) is 2. The Bertz CT molecular complexity index is 1380. The molecule has 4 aromatic rings. The summed E-state index contributed by atoms with van der Waals surface area (Å²) >= 11 is 1.45. The van der Waals surface area contributed by atoms with Crippen molar-refractivity contribution >= 4 is 17.4 Å². The van der Waals surface area contributed by atoms with E-state index in [1.165, 1.54) is 28.5 Å². The minimum Gasteiger partial charge on any atom is -0.497 e. The summed E-state index contributed by atoms with van der Waals surface area (Å²) < 4.78 is 14.4. The SMILES string of the molecule is COc1ccc(-c2nnc(SCc3cc(=O)n4[nH]cc(C#N)c4n3)n2CC2CCCO2)cc1. The van der Waals surface area contributed by atoms with Gasteiger partial charge in [0.2, 0.25) is 0 Å². The maximum Gasteiger partial charge on any atom is 0.272 e. The van der Waals surface area contributed by atoms with E-state index in [1.807, 2.05) is 30.3 Å². The van der Waals surface area contributed by atoms with E-state index in [4.69, 9.17) is 9.47 Å². The molecule has 11 heteroatoms. The van der Waals surface area contributed by atoms with Crippen LogP contribution in [-0.4, -0.2) is 49.2 Å². The van der Waals surface area contributed by atoms with Gasteiger partial charge in [0.15, 0.2) is 16.6 Å². The number of H-pyrrole nitrogens is 1. The van der Waals surface area contributed by atoms with Crippen molar-refractivity contribution in [3.05, 3.63) is 58.1 Å². The number of aromatic amines is 1. The van der Waals surface area contributed by atoms with E-state index < -0.39 is 0 Å². The fraction of sp³-hybridized carbons (Fsp3) is 0.318. The number of benzene rings is 1. The molecule has 1 aromatic carbocycles. The fourth-order valence-corrected chi connectivity index (χ4v) is 4.67. The second kappa shape index (κ2) is 9.09. The van der Waals surface area contributed by atoms with Crippen LogP contribution in [0.4, 0.5) is 0 Å². The molecule has 0 radical (unpaired) electrons. The highest BCUT2D eigenvalue weighted by molar-refractivity contribution is 7.98. The summed E-state index contributed by atoms with van der Waals surface area (Å²) in [4.78, 5) is 16.9. The standard InChI is InChI=1S/C22H21N7O3S/c1-31-17-6-4-14(5-7-17)21-26-27-22(28(21)12-18-3-2-8-32-18)33-13-16-9-19(30)29-20(25-16)15(10-23)11-24-29/h4-7,9,11,18,24H,2-3,8,12-13H2,1H3. The van der Waals surface area contributed by atoms with Gasteiger partial charge in [-0.15, -0.1) is 10.2 Å². The van der Waals surface area contributed by atoms with Crippen molar-refractivity contribution in [3.8, 4) is 23.2 Å². The molecule has 1 saturated heterocycles. The second-order valence-corrected chi connectivity index (χ2v) is 8.56. The Hall–Kier alpha value is -3.62. The van der Waals surface area contributed by atoms with Crippen LogP contribution in [0.5, 0.6) is 5.75 Å². The minimum atomic E-state index is -0.267. The number of methoxy groups -OCH3 is 1.